The highest BCUT2D eigenvalue weighted by Crippen LogP contribution is 2.13. The standard InChI is InChI=1S/C11H16N2O2/c1-7(2)13-10(11(14)15)9-5-4-8(3)12-6-9/h4-7,10,13H,1-3H3,(H,14,15). The molecule has 1 rings (SSSR count). The quantitative estimate of drug-likeness (QED) is 0.787. The number of aromatic nitrogens is 1. The summed E-state index contributed by atoms with van der Waals surface area (Å²) in [6, 6.07) is 3.04. The molecule has 0 saturated carbocycles. The Kier molecular flexibility index (Phi) is 3.80. The van der Waals surface area contributed by atoms with Gasteiger partial charge in [-0.25, -0.2) is 0 Å². The summed E-state index contributed by atoms with van der Waals surface area (Å²) < 4.78 is 0. The Labute approximate surface area is 89.3 Å². The molecule has 4 nitrogen and oxygen atoms in total. The zero-order chi connectivity index (χ0) is 11.4. The number of aliphatic carboxylic acids is 1. The summed E-state index contributed by atoms with van der Waals surface area (Å²) >= 11 is 0. The van der Waals surface area contributed by atoms with Gasteiger partial charge in [0.25, 0.3) is 0 Å². The summed E-state index contributed by atoms with van der Waals surface area (Å²) in [5.41, 5.74) is 1.56. The van der Waals surface area contributed by atoms with Gasteiger partial charge >= 0.3 is 5.97 Å². The third-order valence-corrected chi connectivity index (χ3v) is 2.01. The molecule has 1 aromatic heterocycles. The van der Waals surface area contributed by atoms with Crippen molar-refractivity contribution in [3.8, 4) is 0 Å². The molecule has 0 aliphatic heterocycles. The van der Waals surface area contributed by atoms with E-state index in [2.05, 4.69) is 10.3 Å². The lowest BCUT2D eigenvalue weighted by molar-refractivity contribution is -0.139. The third-order valence-electron chi connectivity index (χ3n) is 2.01. The molecule has 82 valence electrons. The van der Waals surface area contributed by atoms with Crippen molar-refractivity contribution in [2.75, 3.05) is 0 Å². The molecule has 0 aromatic carbocycles. The number of carboxylic acids is 1. The van der Waals surface area contributed by atoms with Gasteiger partial charge in [-0.15, -0.1) is 0 Å². The van der Waals surface area contributed by atoms with E-state index in [1.807, 2.05) is 26.8 Å². The topological polar surface area (TPSA) is 62.2 Å². The molecular formula is C11H16N2O2. The van der Waals surface area contributed by atoms with E-state index in [1.165, 1.54) is 0 Å². The third kappa shape index (κ3) is 3.32. The number of hydrogen-bond acceptors (Lipinski definition) is 3. The number of nitrogens with zero attached hydrogens (tertiary/aromatic N) is 1. The predicted octanol–water partition coefficient (Wildman–Crippen LogP) is 1.51. The molecule has 0 spiro atoms. The van der Waals surface area contributed by atoms with Crippen molar-refractivity contribution in [2.45, 2.75) is 32.9 Å². The lowest BCUT2D eigenvalue weighted by atomic mass is 10.1. The summed E-state index contributed by atoms with van der Waals surface area (Å²) in [6.07, 6.45) is 1.60. The number of rotatable bonds is 4. The lowest BCUT2D eigenvalue weighted by Crippen LogP contribution is -2.33. The van der Waals surface area contributed by atoms with Crippen LogP contribution in [0, 0.1) is 6.92 Å². The minimum atomic E-state index is -0.880. The zero-order valence-electron chi connectivity index (χ0n) is 9.19. The predicted molar refractivity (Wildman–Crippen MR) is 57.6 cm³/mol. The van der Waals surface area contributed by atoms with Crippen LogP contribution in [-0.4, -0.2) is 22.1 Å². The fraction of sp³-hybridized carbons (Fsp3) is 0.455. The second kappa shape index (κ2) is 4.89. The molecule has 0 aliphatic rings. The highest BCUT2D eigenvalue weighted by atomic mass is 16.4. The van der Waals surface area contributed by atoms with Crippen molar-refractivity contribution in [3.63, 3.8) is 0 Å². The first kappa shape index (κ1) is 11.7. The van der Waals surface area contributed by atoms with E-state index in [0.717, 1.165) is 5.69 Å². The van der Waals surface area contributed by atoms with E-state index < -0.39 is 12.0 Å². The van der Waals surface area contributed by atoms with Crippen LogP contribution in [0.5, 0.6) is 0 Å². The maximum atomic E-state index is 11.0. The molecule has 1 atom stereocenters. The van der Waals surface area contributed by atoms with Gasteiger partial charge in [-0.1, -0.05) is 6.07 Å². The molecule has 15 heavy (non-hydrogen) atoms. The average molecular weight is 208 g/mol. The monoisotopic (exact) mass is 208 g/mol. The highest BCUT2D eigenvalue weighted by Gasteiger charge is 2.20. The number of nitrogens with one attached hydrogen (secondary N) is 1. The van der Waals surface area contributed by atoms with Gasteiger partial charge in [0.2, 0.25) is 0 Å². The Morgan fingerprint density at radius 3 is 2.53 bits per heavy atom. The second-order valence-electron chi connectivity index (χ2n) is 3.83. The number of carboxylic acid groups (broad SMARTS) is 1. The van der Waals surface area contributed by atoms with Crippen LogP contribution < -0.4 is 5.32 Å². The van der Waals surface area contributed by atoms with Gasteiger partial charge in [0.05, 0.1) is 0 Å². The van der Waals surface area contributed by atoms with Crippen molar-refractivity contribution >= 4 is 5.97 Å². The van der Waals surface area contributed by atoms with E-state index in [9.17, 15) is 4.79 Å². The van der Waals surface area contributed by atoms with E-state index in [0.29, 0.717) is 5.56 Å². The Bertz CT molecular complexity index is 333. The van der Waals surface area contributed by atoms with Crippen molar-refractivity contribution in [1.82, 2.24) is 10.3 Å². The van der Waals surface area contributed by atoms with E-state index in [4.69, 9.17) is 5.11 Å². The van der Waals surface area contributed by atoms with Gasteiger partial charge in [0.15, 0.2) is 0 Å². The fourth-order valence-electron chi connectivity index (χ4n) is 1.29. The highest BCUT2D eigenvalue weighted by molar-refractivity contribution is 5.75. The van der Waals surface area contributed by atoms with Crippen LogP contribution in [0.1, 0.15) is 31.1 Å². The van der Waals surface area contributed by atoms with Crippen molar-refractivity contribution < 1.29 is 9.90 Å². The van der Waals surface area contributed by atoms with Gasteiger partial charge in [0.1, 0.15) is 6.04 Å². The molecular weight excluding hydrogens is 192 g/mol. The van der Waals surface area contributed by atoms with Crippen LogP contribution in [0.2, 0.25) is 0 Å². The Morgan fingerprint density at radius 1 is 1.47 bits per heavy atom. The van der Waals surface area contributed by atoms with Crippen molar-refractivity contribution in [1.29, 1.82) is 0 Å². The van der Waals surface area contributed by atoms with E-state index in [1.54, 1.807) is 12.3 Å². The van der Waals surface area contributed by atoms with Gasteiger partial charge < -0.3 is 5.11 Å². The fourth-order valence-corrected chi connectivity index (χ4v) is 1.29. The van der Waals surface area contributed by atoms with E-state index in [-0.39, 0.29) is 6.04 Å². The van der Waals surface area contributed by atoms with Crippen molar-refractivity contribution in [3.05, 3.63) is 29.6 Å². The Morgan fingerprint density at radius 2 is 2.13 bits per heavy atom. The molecule has 0 aliphatic carbocycles. The molecule has 0 amide bonds. The van der Waals surface area contributed by atoms with Crippen LogP contribution in [-0.2, 0) is 4.79 Å². The van der Waals surface area contributed by atoms with Crippen LogP contribution in [0.3, 0.4) is 0 Å². The minimum absolute atomic E-state index is 0.118. The molecule has 4 heteroatoms. The molecule has 1 heterocycles. The zero-order valence-corrected chi connectivity index (χ0v) is 9.19. The van der Waals surface area contributed by atoms with Gasteiger partial charge in [-0.05, 0) is 32.4 Å². The number of carbonyl (C=O) groups is 1. The molecule has 2 N–H and O–H groups in total. The van der Waals surface area contributed by atoms with Crippen LogP contribution in [0.4, 0.5) is 0 Å². The molecule has 0 bridgehead atoms. The van der Waals surface area contributed by atoms with Crippen LogP contribution >= 0.6 is 0 Å². The number of pyridine rings is 1. The second-order valence-corrected chi connectivity index (χ2v) is 3.83. The minimum Gasteiger partial charge on any atom is -0.480 e. The first-order valence-electron chi connectivity index (χ1n) is 4.92. The maximum Gasteiger partial charge on any atom is 0.325 e. The normalized spacial score (nSPS) is 12.8. The molecule has 0 fully saturated rings. The largest absolute Gasteiger partial charge is 0.480 e. The first-order chi connectivity index (χ1) is 7.00. The van der Waals surface area contributed by atoms with Gasteiger partial charge in [-0.3, -0.25) is 15.1 Å². The molecule has 0 radical (unpaired) electrons. The van der Waals surface area contributed by atoms with E-state index >= 15 is 0 Å². The number of aryl methyl sites for hydroxylation is 1. The summed E-state index contributed by atoms with van der Waals surface area (Å²) in [6.45, 7) is 5.70. The van der Waals surface area contributed by atoms with Crippen molar-refractivity contribution in [2.24, 2.45) is 0 Å². The molecule has 1 unspecified atom stereocenters. The Balaban J connectivity index is 2.89. The SMILES string of the molecule is Cc1ccc(C(NC(C)C)C(=O)O)cn1. The van der Waals surface area contributed by atoms with Crippen LogP contribution in [0.25, 0.3) is 0 Å². The Hall–Kier alpha value is -1.42. The number of hydrogen-bond donors (Lipinski definition) is 2. The molecule has 1 aromatic rings. The van der Waals surface area contributed by atoms with Crippen LogP contribution in [0.15, 0.2) is 18.3 Å². The average Bonchev–Trinajstić information content (AvgIpc) is 2.15. The lowest BCUT2D eigenvalue weighted by Gasteiger charge is -2.17. The van der Waals surface area contributed by atoms with Gasteiger partial charge in [-0.2, -0.15) is 0 Å². The summed E-state index contributed by atoms with van der Waals surface area (Å²) in [7, 11) is 0. The summed E-state index contributed by atoms with van der Waals surface area (Å²) in [5, 5.41) is 12.0. The summed E-state index contributed by atoms with van der Waals surface area (Å²) in [5.74, 6) is -0.880. The van der Waals surface area contributed by atoms with Gasteiger partial charge in [0, 0.05) is 17.9 Å². The molecule has 0 saturated heterocycles. The smallest absolute Gasteiger partial charge is 0.325 e. The maximum absolute atomic E-state index is 11.0. The summed E-state index contributed by atoms with van der Waals surface area (Å²) in [4.78, 5) is 15.1. The first-order valence-corrected chi connectivity index (χ1v) is 4.92.